The highest BCUT2D eigenvalue weighted by Crippen LogP contribution is 2.29. The number of aliphatic hydroxyl groups excluding tert-OH is 1. The van der Waals surface area contributed by atoms with Gasteiger partial charge in [-0.3, -0.25) is 0 Å². The van der Waals surface area contributed by atoms with E-state index in [4.69, 9.17) is 0 Å². The average molecular weight is 250 g/mol. The molecule has 17 heavy (non-hydrogen) atoms. The van der Waals surface area contributed by atoms with Crippen molar-refractivity contribution < 1.29 is 5.11 Å². The van der Waals surface area contributed by atoms with E-state index in [2.05, 4.69) is 32.9 Å². The Morgan fingerprint density at radius 2 is 1.94 bits per heavy atom. The Morgan fingerprint density at radius 1 is 1.29 bits per heavy atom. The molecule has 1 aliphatic heterocycles. The summed E-state index contributed by atoms with van der Waals surface area (Å²) in [5.41, 5.74) is 5.31. The molecule has 0 bridgehead atoms. The van der Waals surface area contributed by atoms with Gasteiger partial charge in [0, 0.05) is 0 Å². The molecule has 1 saturated heterocycles. The van der Waals surface area contributed by atoms with Crippen molar-refractivity contribution in [2.75, 3.05) is 11.5 Å². The second kappa shape index (κ2) is 5.45. The summed E-state index contributed by atoms with van der Waals surface area (Å²) >= 11 is 1.97. The number of benzene rings is 1. The van der Waals surface area contributed by atoms with Crippen molar-refractivity contribution in [3.63, 3.8) is 0 Å². The minimum absolute atomic E-state index is 0.162. The van der Waals surface area contributed by atoms with Gasteiger partial charge in [0.1, 0.15) is 0 Å². The van der Waals surface area contributed by atoms with Crippen LogP contribution in [0.25, 0.3) is 0 Å². The fraction of sp³-hybridized carbons (Fsp3) is 0.600. The van der Waals surface area contributed by atoms with E-state index in [0.29, 0.717) is 5.92 Å². The molecule has 2 heteroatoms. The number of hydrogen-bond acceptors (Lipinski definition) is 2. The maximum absolute atomic E-state index is 10.3. The van der Waals surface area contributed by atoms with E-state index in [-0.39, 0.29) is 6.10 Å². The summed E-state index contributed by atoms with van der Waals surface area (Å²) in [6.45, 7) is 6.45. The van der Waals surface area contributed by atoms with E-state index in [9.17, 15) is 5.11 Å². The van der Waals surface area contributed by atoms with Gasteiger partial charge in [-0.2, -0.15) is 11.8 Å². The largest absolute Gasteiger partial charge is 0.392 e. The van der Waals surface area contributed by atoms with Crippen LogP contribution in [0.5, 0.6) is 0 Å². The molecule has 2 unspecified atom stereocenters. The zero-order valence-corrected chi connectivity index (χ0v) is 11.8. The van der Waals surface area contributed by atoms with Crippen LogP contribution >= 0.6 is 11.8 Å². The summed E-state index contributed by atoms with van der Waals surface area (Å²) < 4.78 is 0. The molecule has 1 N–H and O–H groups in total. The van der Waals surface area contributed by atoms with Crippen LogP contribution in [0, 0.1) is 26.7 Å². The van der Waals surface area contributed by atoms with Gasteiger partial charge in [0.05, 0.1) is 6.10 Å². The zero-order valence-electron chi connectivity index (χ0n) is 11.0. The van der Waals surface area contributed by atoms with Gasteiger partial charge in [-0.05, 0) is 67.7 Å². The Labute approximate surface area is 109 Å². The van der Waals surface area contributed by atoms with Crippen LogP contribution in [0.2, 0.25) is 0 Å². The number of thioether (sulfide) groups is 1. The smallest absolute Gasteiger partial charge is 0.0617 e. The SMILES string of the molecule is Cc1cc(C)c(CC(O)C2CCSC2)c(C)c1. The maximum Gasteiger partial charge on any atom is 0.0617 e. The average Bonchev–Trinajstić information content (AvgIpc) is 2.76. The highest BCUT2D eigenvalue weighted by atomic mass is 32.2. The van der Waals surface area contributed by atoms with Crippen molar-refractivity contribution in [3.05, 3.63) is 34.4 Å². The van der Waals surface area contributed by atoms with Crippen molar-refractivity contribution in [1.29, 1.82) is 0 Å². The van der Waals surface area contributed by atoms with Crippen molar-refractivity contribution in [3.8, 4) is 0 Å². The first-order chi connectivity index (χ1) is 8.08. The molecule has 94 valence electrons. The van der Waals surface area contributed by atoms with Gasteiger partial charge in [0.25, 0.3) is 0 Å². The summed E-state index contributed by atoms with van der Waals surface area (Å²) in [4.78, 5) is 0. The lowest BCUT2D eigenvalue weighted by atomic mass is 9.90. The lowest BCUT2D eigenvalue weighted by Gasteiger charge is -2.20. The predicted octanol–water partition coefficient (Wildman–Crippen LogP) is 3.27. The minimum atomic E-state index is -0.162. The highest BCUT2D eigenvalue weighted by molar-refractivity contribution is 7.99. The third-order valence-electron chi connectivity index (χ3n) is 3.76. The van der Waals surface area contributed by atoms with Crippen LogP contribution in [-0.2, 0) is 6.42 Å². The Balaban J connectivity index is 2.12. The second-order valence-electron chi connectivity index (χ2n) is 5.27. The quantitative estimate of drug-likeness (QED) is 0.888. The van der Waals surface area contributed by atoms with Gasteiger partial charge in [-0.15, -0.1) is 0 Å². The summed E-state index contributed by atoms with van der Waals surface area (Å²) in [6, 6.07) is 4.44. The van der Waals surface area contributed by atoms with E-state index in [1.165, 1.54) is 34.4 Å². The number of aliphatic hydroxyl groups is 1. The first-order valence-electron chi connectivity index (χ1n) is 6.40. The van der Waals surface area contributed by atoms with E-state index in [1.54, 1.807) is 0 Å². The Hall–Kier alpha value is -0.470. The van der Waals surface area contributed by atoms with Crippen molar-refractivity contribution in [2.45, 2.75) is 39.7 Å². The molecule has 0 aromatic heterocycles. The predicted molar refractivity (Wildman–Crippen MR) is 75.8 cm³/mol. The van der Waals surface area contributed by atoms with Gasteiger partial charge in [-0.1, -0.05) is 17.7 Å². The summed E-state index contributed by atoms with van der Waals surface area (Å²) in [5, 5.41) is 10.3. The molecule has 0 aliphatic carbocycles. The van der Waals surface area contributed by atoms with E-state index >= 15 is 0 Å². The number of rotatable bonds is 3. The first-order valence-corrected chi connectivity index (χ1v) is 7.56. The molecule has 1 aliphatic rings. The second-order valence-corrected chi connectivity index (χ2v) is 6.42. The zero-order chi connectivity index (χ0) is 12.4. The summed E-state index contributed by atoms with van der Waals surface area (Å²) in [7, 11) is 0. The summed E-state index contributed by atoms with van der Waals surface area (Å²) in [5.74, 6) is 2.85. The topological polar surface area (TPSA) is 20.2 Å². The van der Waals surface area contributed by atoms with E-state index in [0.717, 1.165) is 12.2 Å². The van der Waals surface area contributed by atoms with E-state index in [1.807, 2.05) is 11.8 Å². The lowest BCUT2D eigenvalue weighted by molar-refractivity contribution is 0.120. The maximum atomic E-state index is 10.3. The number of hydrogen-bond donors (Lipinski definition) is 1. The highest BCUT2D eigenvalue weighted by Gasteiger charge is 2.24. The number of aryl methyl sites for hydroxylation is 3. The van der Waals surface area contributed by atoms with Crippen LogP contribution in [0.15, 0.2) is 12.1 Å². The molecule has 0 spiro atoms. The van der Waals surface area contributed by atoms with Gasteiger partial charge >= 0.3 is 0 Å². The molecule has 2 rings (SSSR count). The molecular weight excluding hydrogens is 228 g/mol. The monoisotopic (exact) mass is 250 g/mol. The Morgan fingerprint density at radius 3 is 2.47 bits per heavy atom. The minimum Gasteiger partial charge on any atom is -0.392 e. The van der Waals surface area contributed by atoms with Gasteiger partial charge < -0.3 is 5.11 Å². The van der Waals surface area contributed by atoms with Crippen LogP contribution in [-0.4, -0.2) is 22.7 Å². The molecule has 1 aromatic rings. The van der Waals surface area contributed by atoms with Crippen LogP contribution in [0.4, 0.5) is 0 Å². The molecule has 0 amide bonds. The molecule has 1 aromatic carbocycles. The van der Waals surface area contributed by atoms with Gasteiger partial charge in [0.2, 0.25) is 0 Å². The first kappa shape index (κ1) is 13.0. The molecule has 0 saturated carbocycles. The Bertz CT molecular complexity index is 371. The van der Waals surface area contributed by atoms with Crippen molar-refractivity contribution in [1.82, 2.24) is 0 Å². The molecule has 0 radical (unpaired) electrons. The molecule has 1 nitrogen and oxygen atoms in total. The van der Waals surface area contributed by atoms with E-state index < -0.39 is 0 Å². The molecule has 1 heterocycles. The fourth-order valence-corrected chi connectivity index (χ4v) is 4.09. The normalized spacial score (nSPS) is 21.8. The van der Waals surface area contributed by atoms with Crippen molar-refractivity contribution in [2.24, 2.45) is 5.92 Å². The lowest BCUT2D eigenvalue weighted by Crippen LogP contribution is -2.23. The standard InChI is InChI=1S/C15H22OS/c1-10-6-11(2)14(12(3)7-10)8-15(16)13-4-5-17-9-13/h6-7,13,15-16H,4-5,8-9H2,1-3H3. The van der Waals surface area contributed by atoms with Crippen molar-refractivity contribution >= 4 is 11.8 Å². The molecule has 1 fully saturated rings. The molecular formula is C15H22OS. The van der Waals surface area contributed by atoms with Crippen LogP contribution < -0.4 is 0 Å². The Kier molecular flexibility index (Phi) is 4.16. The van der Waals surface area contributed by atoms with Gasteiger partial charge in [-0.25, -0.2) is 0 Å². The third-order valence-corrected chi connectivity index (χ3v) is 4.95. The van der Waals surface area contributed by atoms with Gasteiger partial charge in [0.15, 0.2) is 0 Å². The summed E-state index contributed by atoms with van der Waals surface area (Å²) in [6.07, 6.45) is 1.84. The third kappa shape index (κ3) is 3.05. The fourth-order valence-electron chi connectivity index (χ4n) is 2.76. The van der Waals surface area contributed by atoms with Crippen LogP contribution in [0.1, 0.15) is 28.7 Å². The molecule has 2 atom stereocenters. The van der Waals surface area contributed by atoms with Crippen LogP contribution in [0.3, 0.4) is 0 Å².